The topological polar surface area (TPSA) is 84.3 Å². The smallest absolute Gasteiger partial charge is 0.266 e. The van der Waals surface area contributed by atoms with Crippen molar-refractivity contribution in [2.24, 2.45) is 0 Å². The minimum absolute atomic E-state index is 0.115. The van der Waals surface area contributed by atoms with Gasteiger partial charge in [-0.1, -0.05) is 30.3 Å². The summed E-state index contributed by atoms with van der Waals surface area (Å²) in [5, 5.41) is 2.91. The molecule has 3 heterocycles. The van der Waals surface area contributed by atoms with Gasteiger partial charge in [0, 0.05) is 18.7 Å². The van der Waals surface area contributed by atoms with Crippen LogP contribution in [0.15, 0.2) is 66.7 Å². The highest BCUT2D eigenvalue weighted by molar-refractivity contribution is 6.34. The van der Waals surface area contributed by atoms with Gasteiger partial charge in [0.05, 0.1) is 33.4 Å². The van der Waals surface area contributed by atoms with Crippen molar-refractivity contribution in [3.05, 3.63) is 83.4 Å². The van der Waals surface area contributed by atoms with E-state index >= 15 is 0 Å². The maximum Gasteiger partial charge on any atom is 0.266 e. The van der Waals surface area contributed by atoms with Crippen molar-refractivity contribution in [3.8, 4) is 11.4 Å². The lowest BCUT2D eigenvalue weighted by Crippen LogP contribution is -2.29. The predicted octanol–water partition coefficient (Wildman–Crippen LogP) is 3.25. The third-order valence-corrected chi connectivity index (χ3v) is 5.79. The first-order chi connectivity index (χ1) is 15.1. The number of imide groups is 1. The van der Waals surface area contributed by atoms with Gasteiger partial charge < -0.3 is 9.88 Å². The minimum Gasteiger partial charge on any atom is -0.350 e. The van der Waals surface area contributed by atoms with Gasteiger partial charge in [0.25, 0.3) is 17.7 Å². The number of aromatic nitrogens is 2. The van der Waals surface area contributed by atoms with Crippen molar-refractivity contribution in [1.29, 1.82) is 0 Å². The van der Waals surface area contributed by atoms with Gasteiger partial charge in [-0.2, -0.15) is 0 Å². The van der Waals surface area contributed by atoms with Crippen LogP contribution in [0.3, 0.4) is 0 Å². The molecule has 7 heteroatoms. The average molecular weight is 408 g/mol. The van der Waals surface area contributed by atoms with Crippen LogP contribution in [0.4, 0.5) is 5.69 Å². The summed E-state index contributed by atoms with van der Waals surface area (Å²) in [7, 11) is 0. The van der Waals surface area contributed by atoms with Crippen LogP contribution in [-0.4, -0.2) is 33.8 Å². The number of benzene rings is 3. The van der Waals surface area contributed by atoms with Crippen LogP contribution in [0, 0.1) is 0 Å². The molecule has 0 atom stereocenters. The highest BCUT2D eigenvalue weighted by Gasteiger charge is 2.36. The molecule has 0 saturated heterocycles. The summed E-state index contributed by atoms with van der Waals surface area (Å²) in [5.74, 6) is -0.0875. The van der Waals surface area contributed by atoms with Crippen LogP contribution in [0.1, 0.15) is 31.1 Å². The molecule has 0 fully saturated rings. The fraction of sp³-hybridized carbons (Fsp3) is 0.0833. The van der Waals surface area contributed by atoms with Crippen LogP contribution in [-0.2, 0) is 6.54 Å². The second-order valence-electron chi connectivity index (χ2n) is 7.56. The molecule has 7 nitrogen and oxygen atoms in total. The summed E-state index contributed by atoms with van der Waals surface area (Å²) >= 11 is 0. The standard InChI is InChI=1S/C24H16N4O3/c29-22-18-9-4-10-19-20(18)27(12-11-25-22)21(26-19)14-5-3-6-15(13-14)28-23(30)16-7-1-2-8-17(16)24(28)31/h1-10,13H,11-12H2,(H,25,29). The Morgan fingerprint density at radius 2 is 1.52 bits per heavy atom. The molecule has 1 N–H and O–H groups in total. The summed E-state index contributed by atoms with van der Waals surface area (Å²) in [6.07, 6.45) is 0. The summed E-state index contributed by atoms with van der Waals surface area (Å²) in [5.41, 5.74) is 4.19. The number of carbonyl (C=O) groups excluding carboxylic acids is 3. The molecule has 0 bridgehead atoms. The monoisotopic (exact) mass is 408 g/mol. The first-order valence-corrected chi connectivity index (χ1v) is 9.99. The van der Waals surface area contributed by atoms with Crippen LogP contribution >= 0.6 is 0 Å². The lowest BCUT2D eigenvalue weighted by Gasteiger charge is -2.15. The van der Waals surface area contributed by atoms with E-state index in [1.807, 2.05) is 28.8 Å². The third-order valence-electron chi connectivity index (χ3n) is 5.79. The summed E-state index contributed by atoms with van der Waals surface area (Å²) < 4.78 is 2.02. The van der Waals surface area contributed by atoms with Crippen molar-refractivity contribution >= 4 is 34.4 Å². The number of nitrogens with one attached hydrogen (secondary N) is 1. The van der Waals surface area contributed by atoms with Gasteiger partial charge in [-0.25, -0.2) is 9.88 Å². The summed E-state index contributed by atoms with van der Waals surface area (Å²) in [6, 6.07) is 19.6. The van der Waals surface area contributed by atoms with Crippen LogP contribution in [0.2, 0.25) is 0 Å². The highest BCUT2D eigenvalue weighted by Crippen LogP contribution is 2.33. The molecule has 0 unspecified atom stereocenters. The van der Waals surface area contributed by atoms with Gasteiger partial charge in [-0.05, 0) is 36.4 Å². The van der Waals surface area contributed by atoms with E-state index in [1.54, 1.807) is 42.5 Å². The molecule has 0 radical (unpaired) electrons. The molecule has 0 spiro atoms. The van der Waals surface area contributed by atoms with Gasteiger partial charge in [-0.15, -0.1) is 0 Å². The first kappa shape index (κ1) is 17.6. The first-order valence-electron chi connectivity index (χ1n) is 9.99. The minimum atomic E-state index is -0.332. The number of rotatable bonds is 2. The molecular formula is C24H16N4O3. The molecule has 6 rings (SSSR count). The fourth-order valence-corrected chi connectivity index (χ4v) is 4.39. The van der Waals surface area contributed by atoms with E-state index in [0.29, 0.717) is 41.3 Å². The molecule has 3 amide bonds. The Labute approximate surface area is 176 Å². The van der Waals surface area contributed by atoms with E-state index in [1.165, 1.54) is 4.90 Å². The number of carbonyl (C=O) groups is 3. The Morgan fingerprint density at radius 3 is 2.29 bits per heavy atom. The van der Waals surface area contributed by atoms with E-state index in [9.17, 15) is 14.4 Å². The number of fused-ring (bicyclic) bond motifs is 1. The molecule has 150 valence electrons. The van der Waals surface area contributed by atoms with Crippen molar-refractivity contribution in [2.75, 3.05) is 11.4 Å². The Morgan fingerprint density at radius 1 is 0.806 bits per heavy atom. The van der Waals surface area contributed by atoms with Crippen molar-refractivity contribution in [1.82, 2.24) is 14.9 Å². The molecule has 2 aliphatic heterocycles. The second kappa shape index (κ2) is 6.37. The Bertz CT molecular complexity index is 1400. The summed E-state index contributed by atoms with van der Waals surface area (Å²) in [4.78, 5) is 44.2. The Kier molecular flexibility index (Phi) is 3.61. The Balaban J connectivity index is 1.50. The average Bonchev–Trinajstić information content (AvgIpc) is 3.22. The zero-order chi connectivity index (χ0) is 21.1. The molecular weight excluding hydrogens is 392 g/mol. The van der Waals surface area contributed by atoms with Gasteiger partial charge >= 0.3 is 0 Å². The SMILES string of the molecule is O=C1NCCn2c(-c3cccc(N4C(=O)c5ccccc5C4=O)c3)nc3cccc1c32. The van der Waals surface area contributed by atoms with Gasteiger partial charge in [0.15, 0.2) is 0 Å². The predicted molar refractivity (Wildman–Crippen MR) is 115 cm³/mol. The van der Waals surface area contributed by atoms with Gasteiger partial charge in [0.2, 0.25) is 0 Å². The van der Waals surface area contributed by atoms with Crippen molar-refractivity contribution in [3.63, 3.8) is 0 Å². The Hall–Kier alpha value is -4.26. The van der Waals surface area contributed by atoms with E-state index in [4.69, 9.17) is 4.98 Å². The molecule has 3 aromatic carbocycles. The van der Waals surface area contributed by atoms with Crippen LogP contribution in [0.5, 0.6) is 0 Å². The largest absolute Gasteiger partial charge is 0.350 e. The number of amides is 3. The second-order valence-corrected chi connectivity index (χ2v) is 7.56. The zero-order valence-corrected chi connectivity index (χ0v) is 16.3. The maximum atomic E-state index is 12.9. The third kappa shape index (κ3) is 2.46. The molecule has 31 heavy (non-hydrogen) atoms. The summed E-state index contributed by atoms with van der Waals surface area (Å²) in [6.45, 7) is 1.07. The van der Waals surface area contributed by atoms with E-state index in [0.717, 1.165) is 16.6 Å². The van der Waals surface area contributed by atoms with Crippen molar-refractivity contribution in [2.45, 2.75) is 6.54 Å². The fourth-order valence-electron chi connectivity index (χ4n) is 4.39. The van der Waals surface area contributed by atoms with Gasteiger partial charge in [-0.3, -0.25) is 14.4 Å². The lowest BCUT2D eigenvalue weighted by molar-refractivity contribution is 0.0922. The van der Waals surface area contributed by atoms with Gasteiger partial charge in [0.1, 0.15) is 5.82 Å². The number of hydrogen-bond donors (Lipinski definition) is 1. The number of imidazole rings is 1. The van der Waals surface area contributed by atoms with E-state index in [2.05, 4.69) is 5.32 Å². The van der Waals surface area contributed by atoms with Crippen LogP contribution in [0.25, 0.3) is 22.4 Å². The van der Waals surface area contributed by atoms with E-state index < -0.39 is 0 Å². The zero-order valence-electron chi connectivity index (χ0n) is 16.3. The quantitative estimate of drug-likeness (QED) is 0.516. The van der Waals surface area contributed by atoms with E-state index in [-0.39, 0.29) is 17.7 Å². The van der Waals surface area contributed by atoms with Crippen molar-refractivity contribution < 1.29 is 14.4 Å². The molecule has 0 aliphatic carbocycles. The molecule has 1 aromatic heterocycles. The molecule has 0 saturated carbocycles. The number of para-hydroxylation sites is 1. The van der Waals surface area contributed by atoms with Crippen LogP contribution < -0.4 is 10.2 Å². The lowest BCUT2D eigenvalue weighted by atomic mass is 10.1. The number of anilines is 1. The number of nitrogens with zero attached hydrogens (tertiary/aromatic N) is 3. The number of hydrogen-bond acceptors (Lipinski definition) is 4. The highest BCUT2D eigenvalue weighted by atomic mass is 16.2. The normalized spacial score (nSPS) is 15.2. The molecule has 2 aliphatic rings. The molecule has 4 aromatic rings. The maximum absolute atomic E-state index is 12.9.